The number of benzene rings is 1. The first-order chi connectivity index (χ1) is 6.79. The van der Waals surface area contributed by atoms with Gasteiger partial charge in [-0.2, -0.15) is 0 Å². The summed E-state index contributed by atoms with van der Waals surface area (Å²) in [5, 5.41) is 11.7. The van der Waals surface area contributed by atoms with Crippen molar-refractivity contribution in [1.82, 2.24) is 4.98 Å². The topological polar surface area (TPSA) is 33.1 Å². The highest BCUT2D eigenvalue weighted by Gasteiger charge is 2.02. The lowest BCUT2D eigenvalue weighted by atomic mass is 10.2. The Hall–Kier alpha value is -1.19. The Morgan fingerprint density at radius 1 is 1.29 bits per heavy atom. The van der Waals surface area contributed by atoms with Crippen molar-refractivity contribution in [1.29, 1.82) is 0 Å². The Morgan fingerprint density at radius 3 is 2.57 bits per heavy atom. The van der Waals surface area contributed by atoms with Crippen LogP contribution in [0, 0.1) is 6.92 Å². The normalized spacial score (nSPS) is 10.4. The predicted molar refractivity (Wildman–Crippen MR) is 58.2 cm³/mol. The van der Waals surface area contributed by atoms with Crippen LogP contribution in [0.25, 0.3) is 10.6 Å². The third kappa shape index (κ3) is 1.84. The first kappa shape index (κ1) is 9.37. The van der Waals surface area contributed by atoms with Gasteiger partial charge in [0.05, 0.1) is 12.3 Å². The molecule has 1 aromatic heterocycles. The standard InChI is InChI=1S/C11H11NOS/c1-8-2-4-9(5-3-8)11-12-10(6-13)7-14-11/h2-5,7,13H,6H2,1H3. The van der Waals surface area contributed by atoms with Gasteiger partial charge in [-0.1, -0.05) is 29.8 Å². The van der Waals surface area contributed by atoms with Gasteiger partial charge in [0, 0.05) is 10.9 Å². The van der Waals surface area contributed by atoms with Gasteiger partial charge in [0.25, 0.3) is 0 Å². The van der Waals surface area contributed by atoms with E-state index in [1.807, 2.05) is 5.38 Å². The molecule has 0 aliphatic carbocycles. The maximum absolute atomic E-state index is 8.89. The molecule has 0 bridgehead atoms. The molecule has 1 N–H and O–H groups in total. The summed E-state index contributed by atoms with van der Waals surface area (Å²) < 4.78 is 0. The van der Waals surface area contributed by atoms with Gasteiger partial charge >= 0.3 is 0 Å². The minimum atomic E-state index is 0.0162. The molecule has 2 aromatic rings. The van der Waals surface area contributed by atoms with E-state index in [1.54, 1.807) is 11.3 Å². The van der Waals surface area contributed by atoms with Crippen LogP contribution in [0.2, 0.25) is 0 Å². The number of nitrogens with zero attached hydrogens (tertiary/aromatic N) is 1. The number of aryl methyl sites for hydroxylation is 1. The van der Waals surface area contributed by atoms with Crippen molar-refractivity contribution in [3.05, 3.63) is 40.9 Å². The smallest absolute Gasteiger partial charge is 0.123 e. The minimum Gasteiger partial charge on any atom is -0.390 e. The lowest BCUT2D eigenvalue weighted by Gasteiger charge is -1.96. The summed E-state index contributed by atoms with van der Waals surface area (Å²) in [4.78, 5) is 4.30. The van der Waals surface area contributed by atoms with Crippen LogP contribution in [0.4, 0.5) is 0 Å². The highest BCUT2D eigenvalue weighted by Crippen LogP contribution is 2.23. The van der Waals surface area contributed by atoms with Crippen molar-refractivity contribution in [3.63, 3.8) is 0 Å². The van der Waals surface area contributed by atoms with Crippen LogP contribution in [-0.2, 0) is 6.61 Å². The van der Waals surface area contributed by atoms with Gasteiger partial charge in [-0.05, 0) is 6.92 Å². The van der Waals surface area contributed by atoms with Crippen molar-refractivity contribution in [3.8, 4) is 10.6 Å². The van der Waals surface area contributed by atoms with E-state index in [-0.39, 0.29) is 6.61 Å². The molecule has 1 heterocycles. The molecule has 0 atom stereocenters. The lowest BCUT2D eigenvalue weighted by Crippen LogP contribution is -1.82. The second-order valence-corrected chi connectivity index (χ2v) is 4.03. The van der Waals surface area contributed by atoms with Crippen molar-refractivity contribution >= 4 is 11.3 Å². The molecule has 0 radical (unpaired) electrons. The van der Waals surface area contributed by atoms with Crippen LogP contribution in [0.15, 0.2) is 29.6 Å². The minimum absolute atomic E-state index is 0.0162. The number of rotatable bonds is 2. The number of aromatic nitrogens is 1. The Morgan fingerprint density at radius 2 is 2.00 bits per heavy atom. The summed E-state index contributed by atoms with van der Waals surface area (Å²) in [6, 6.07) is 8.23. The van der Waals surface area contributed by atoms with Crippen molar-refractivity contribution < 1.29 is 5.11 Å². The third-order valence-electron chi connectivity index (χ3n) is 2.01. The van der Waals surface area contributed by atoms with Gasteiger partial charge < -0.3 is 5.11 Å². The molecule has 14 heavy (non-hydrogen) atoms. The Bertz CT molecular complexity index is 419. The summed E-state index contributed by atoms with van der Waals surface area (Å²) in [6.07, 6.45) is 0. The van der Waals surface area contributed by atoms with E-state index in [1.165, 1.54) is 5.56 Å². The first-order valence-corrected chi connectivity index (χ1v) is 5.30. The highest BCUT2D eigenvalue weighted by atomic mass is 32.1. The van der Waals surface area contributed by atoms with Crippen molar-refractivity contribution in [2.45, 2.75) is 13.5 Å². The second kappa shape index (κ2) is 3.90. The van der Waals surface area contributed by atoms with Gasteiger partial charge in [-0.3, -0.25) is 0 Å². The van der Waals surface area contributed by atoms with Gasteiger partial charge in [-0.15, -0.1) is 11.3 Å². The molecule has 0 saturated heterocycles. The van der Waals surface area contributed by atoms with Gasteiger partial charge in [0.2, 0.25) is 0 Å². The number of aliphatic hydroxyl groups excluding tert-OH is 1. The number of hydrogen-bond acceptors (Lipinski definition) is 3. The van der Waals surface area contributed by atoms with Gasteiger partial charge in [0.15, 0.2) is 0 Å². The molecule has 0 amide bonds. The average molecular weight is 205 g/mol. The zero-order valence-electron chi connectivity index (χ0n) is 7.90. The summed E-state index contributed by atoms with van der Waals surface area (Å²) in [5.41, 5.74) is 3.10. The summed E-state index contributed by atoms with van der Waals surface area (Å²) >= 11 is 1.56. The number of hydrogen-bond donors (Lipinski definition) is 1. The molecule has 0 spiro atoms. The monoisotopic (exact) mass is 205 g/mol. The van der Waals surface area contributed by atoms with Crippen LogP contribution in [0.3, 0.4) is 0 Å². The first-order valence-electron chi connectivity index (χ1n) is 4.42. The molecule has 0 saturated carbocycles. The zero-order valence-corrected chi connectivity index (χ0v) is 8.71. The van der Waals surface area contributed by atoms with Crippen LogP contribution in [0.5, 0.6) is 0 Å². The quantitative estimate of drug-likeness (QED) is 0.817. The molecule has 2 nitrogen and oxygen atoms in total. The molecule has 2 rings (SSSR count). The molecular weight excluding hydrogens is 194 g/mol. The fourth-order valence-electron chi connectivity index (χ4n) is 1.21. The fraction of sp³-hybridized carbons (Fsp3) is 0.182. The van der Waals surface area contributed by atoms with E-state index in [2.05, 4.69) is 36.2 Å². The lowest BCUT2D eigenvalue weighted by molar-refractivity contribution is 0.278. The van der Waals surface area contributed by atoms with Gasteiger partial charge in [-0.25, -0.2) is 4.98 Å². The third-order valence-corrected chi connectivity index (χ3v) is 2.95. The Balaban J connectivity index is 2.34. The summed E-state index contributed by atoms with van der Waals surface area (Å²) in [6.45, 7) is 2.08. The predicted octanol–water partition coefficient (Wildman–Crippen LogP) is 2.61. The molecular formula is C11H11NOS. The number of aliphatic hydroxyl groups is 1. The largest absolute Gasteiger partial charge is 0.390 e. The second-order valence-electron chi connectivity index (χ2n) is 3.17. The molecule has 0 unspecified atom stereocenters. The molecule has 3 heteroatoms. The average Bonchev–Trinajstić information content (AvgIpc) is 2.67. The SMILES string of the molecule is Cc1ccc(-c2nc(CO)cs2)cc1. The van der Waals surface area contributed by atoms with E-state index in [9.17, 15) is 0 Å². The summed E-state index contributed by atoms with van der Waals surface area (Å²) in [7, 11) is 0. The van der Waals surface area contributed by atoms with Crippen LogP contribution in [-0.4, -0.2) is 10.1 Å². The Labute approximate surface area is 86.9 Å². The van der Waals surface area contributed by atoms with Crippen molar-refractivity contribution in [2.75, 3.05) is 0 Å². The summed E-state index contributed by atoms with van der Waals surface area (Å²) in [5.74, 6) is 0. The van der Waals surface area contributed by atoms with E-state index >= 15 is 0 Å². The maximum Gasteiger partial charge on any atom is 0.123 e. The Kier molecular flexibility index (Phi) is 2.61. The molecule has 0 aliphatic heterocycles. The number of thiazole rings is 1. The van der Waals surface area contributed by atoms with E-state index in [4.69, 9.17) is 5.11 Å². The highest BCUT2D eigenvalue weighted by molar-refractivity contribution is 7.13. The van der Waals surface area contributed by atoms with Crippen LogP contribution < -0.4 is 0 Å². The maximum atomic E-state index is 8.89. The fourth-order valence-corrected chi connectivity index (χ4v) is 2.03. The molecule has 72 valence electrons. The molecule has 1 aromatic carbocycles. The van der Waals surface area contributed by atoms with Gasteiger partial charge in [0.1, 0.15) is 5.01 Å². The molecule has 0 fully saturated rings. The van der Waals surface area contributed by atoms with Crippen LogP contribution >= 0.6 is 11.3 Å². The van der Waals surface area contributed by atoms with E-state index in [0.717, 1.165) is 16.3 Å². The molecule has 0 aliphatic rings. The van der Waals surface area contributed by atoms with E-state index in [0.29, 0.717) is 0 Å². The van der Waals surface area contributed by atoms with Crippen LogP contribution in [0.1, 0.15) is 11.3 Å². The zero-order chi connectivity index (χ0) is 9.97. The van der Waals surface area contributed by atoms with E-state index < -0.39 is 0 Å². The van der Waals surface area contributed by atoms with Crippen molar-refractivity contribution in [2.24, 2.45) is 0 Å².